The van der Waals surface area contributed by atoms with Gasteiger partial charge in [-0.15, -0.1) is 22.7 Å². The number of hydrogen-bond acceptors (Lipinski definition) is 24. The summed E-state index contributed by atoms with van der Waals surface area (Å²) < 4.78 is 26.8. The van der Waals surface area contributed by atoms with E-state index < -0.39 is 97.4 Å². The highest BCUT2D eigenvalue weighted by Gasteiger charge is 2.51. The van der Waals surface area contributed by atoms with E-state index in [-0.39, 0.29) is 79.9 Å². The average molecular weight is 1310 g/mol. The molecule has 0 unspecified atom stereocenters. The third kappa shape index (κ3) is 12.4. The van der Waals surface area contributed by atoms with Crippen molar-refractivity contribution >= 4 is 104 Å². The van der Waals surface area contributed by atoms with Crippen molar-refractivity contribution in [2.75, 3.05) is 24.7 Å². The van der Waals surface area contributed by atoms with E-state index in [0.717, 1.165) is 22.3 Å². The molecule has 0 aliphatic carbocycles. The Morgan fingerprint density at radius 2 is 0.856 bits per heavy atom. The van der Waals surface area contributed by atoms with Crippen molar-refractivity contribution < 1.29 is 79.0 Å². The lowest BCUT2D eigenvalue weighted by molar-refractivity contribution is -0.177. The molecule has 2 saturated heterocycles. The number of aliphatic carboxylic acids is 2. The molecule has 12 rings (SSSR count). The fourth-order valence-electron chi connectivity index (χ4n) is 10.4. The summed E-state index contributed by atoms with van der Waals surface area (Å²) in [5, 5.41) is 85.7. The lowest BCUT2D eigenvalue weighted by atomic mass is 9.90. The molecule has 6 aromatic heterocycles. The Morgan fingerprint density at radius 3 is 1.17 bits per heavy atom. The summed E-state index contributed by atoms with van der Waals surface area (Å²) in [7, 11) is 0. The molecule has 2 fully saturated rings. The number of fused-ring (bicyclic) bond motifs is 2. The van der Waals surface area contributed by atoms with E-state index in [1.54, 1.807) is 83.6 Å². The highest BCUT2D eigenvalue weighted by molar-refractivity contribution is 7.07. The van der Waals surface area contributed by atoms with Crippen molar-refractivity contribution in [3.8, 4) is 22.3 Å². The van der Waals surface area contributed by atoms with Crippen LogP contribution in [0.5, 0.6) is 0 Å². The summed E-state index contributed by atoms with van der Waals surface area (Å²) in [6, 6.07) is 26.9. The molecule has 28 nitrogen and oxygen atoms in total. The van der Waals surface area contributed by atoms with Gasteiger partial charge in [0.2, 0.25) is 21.8 Å². The van der Waals surface area contributed by atoms with Crippen LogP contribution < -0.4 is 11.5 Å². The van der Waals surface area contributed by atoms with Crippen LogP contribution in [0.25, 0.3) is 44.6 Å². The van der Waals surface area contributed by atoms with Crippen LogP contribution >= 0.6 is 45.9 Å². The van der Waals surface area contributed by atoms with Crippen LogP contribution in [0.2, 0.25) is 10.6 Å². The average Bonchev–Trinajstić information content (AvgIpc) is 1.97. The van der Waals surface area contributed by atoms with Crippen molar-refractivity contribution in [3.05, 3.63) is 176 Å². The van der Waals surface area contributed by atoms with Gasteiger partial charge in [0.15, 0.2) is 35.4 Å². The topological polar surface area (TPSA) is 432 Å². The Bertz CT molecular complexity index is 3980. The monoisotopic (exact) mass is 1300 g/mol. The van der Waals surface area contributed by atoms with Gasteiger partial charge in [0.25, 0.3) is 0 Å². The maximum atomic E-state index is 12.9. The number of carboxylic acid groups (broad SMARTS) is 4. The summed E-state index contributed by atoms with van der Waals surface area (Å²) in [6.45, 7) is -0.839. The minimum absolute atomic E-state index is 0.0234. The number of nitrogens with zero attached hydrogens (tertiary/aromatic N) is 10. The first-order chi connectivity index (χ1) is 43.1. The predicted octanol–water partition coefficient (Wildman–Crippen LogP) is 5.48. The van der Waals surface area contributed by atoms with Crippen molar-refractivity contribution in [2.45, 2.75) is 73.1 Å². The van der Waals surface area contributed by atoms with Gasteiger partial charge < -0.3 is 71.3 Å². The number of nitrogens with two attached hydrogens (primary N) is 2. The lowest BCUT2D eigenvalue weighted by Crippen LogP contribution is -2.44. The Hall–Kier alpha value is -9.02. The maximum Gasteiger partial charge on any atom is 0.342 e. The van der Waals surface area contributed by atoms with Crippen molar-refractivity contribution in [2.24, 2.45) is 0 Å². The number of thiazole rings is 2. The molecule has 0 radical (unpaired) electrons. The number of anilines is 2. The number of hydrogen-bond donors (Lipinski definition) is 10. The zero-order valence-electron chi connectivity index (χ0n) is 46.2. The van der Waals surface area contributed by atoms with Crippen LogP contribution in [-0.4, -0.2) is 164 Å². The SMILES string of the molecule is Nc1nc(Cl)nc2c1ncn2[C@@H]1O[C@H](CO[C@@](Cc2ccc(-c3ccc(C(=O)O)cc3)cc2)(C(=O)O)c2cscn2)[C@@H](O)[C@H]1O.Nc1nc(Cl)nc2c1ncn2[C@@H]1O[C@H](CO[C@](Cc2ccc(-c3ccc(C(=O)O)cc3)cc2)(C(=O)O)c2cscn2)[C@@H](O)[C@H]1O. The van der Waals surface area contributed by atoms with E-state index in [1.807, 2.05) is 0 Å². The number of carbonyl (C=O) groups is 4. The van der Waals surface area contributed by atoms with Gasteiger partial charge in [-0.2, -0.15) is 19.9 Å². The van der Waals surface area contributed by atoms with Crippen molar-refractivity contribution in [1.29, 1.82) is 0 Å². The number of benzene rings is 4. The zero-order chi connectivity index (χ0) is 63.8. The summed E-state index contributed by atoms with van der Waals surface area (Å²) in [5.41, 5.74) is 16.6. The van der Waals surface area contributed by atoms with Gasteiger partial charge in [-0.1, -0.05) is 72.8 Å². The number of aromatic nitrogens is 10. The lowest BCUT2D eigenvalue weighted by Gasteiger charge is -2.30. The summed E-state index contributed by atoms with van der Waals surface area (Å²) in [6.07, 6.45) is -8.08. The molecule has 2 aliphatic heterocycles. The normalized spacial score (nSPS) is 21.1. The molecular formula is C58H50Cl2N12O16S2. The van der Waals surface area contributed by atoms with Crippen LogP contribution in [0, 0.1) is 0 Å². The van der Waals surface area contributed by atoms with Crippen LogP contribution in [0.3, 0.4) is 0 Å². The van der Waals surface area contributed by atoms with Crippen LogP contribution in [0.4, 0.5) is 11.6 Å². The van der Waals surface area contributed by atoms with Crippen LogP contribution in [-0.2, 0) is 52.6 Å². The van der Waals surface area contributed by atoms with E-state index in [1.165, 1.54) is 79.7 Å². The van der Waals surface area contributed by atoms with E-state index in [9.17, 15) is 49.8 Å². The molecule has 10 aromatic rings. The Labute approximate surface area is 524 Å². The maximum absolute atomic E-state index is 12.9. The van der Waals surface area contributed by atoms with Crippen molar-refractivity contribution in [1.82, 2.24) is 49.0 Å². The number of aliphatic hydroxyl groups excluding tert-OH is 4. The van der Waals surface area contributed by atoms with Gasteiger partial charge in [0.1, 0.15) is 47.7 Å². The van der Waals surface area contributed by atoms with E-state index >= 15 is 0 Å². The first kappa shape index (κ1) is 62.6. The number of rotatable bonds is 20. The second-order valence-corrected chi connectivity index (χ2v) is 22.8. The van der Waals surface area contributed by atoms with Crippen LogP contribution in [0.1, 0.15) is 55.7 Å². The Kier molecular flexibility index (Phi) is 18.0. The number of halogens is 2. The molecular weight excluding hydrogens is 1260 g/mol. The smallest absolute Gasteiger partial charge is 0.342 e. The molecule has 90 heavy (non-hydrogen) atoms. The van der Waals surface area contributed by atoms with Gasteiger partial charge in [0.05, 0.1) is 59.4 Å². The second-order valence-electron chi connectivity index (χ2n) is 20.6. The number of aromatic carboxylic acids is 2. The number of nitrogen functional groups attached to an aromatic ring is 2. The molecule has 0 spiro atoms. The van der Waals surface area contributed by atoms with E-state index in [2.05, 4.69) is 39.9 Å². The second kappa shape index (κ2) is 25.8. The molecule has 8 heterocycles. The van der Waals surface area contributed by atoms with Gasteiger partial charge in [0, 0.05) is 23.6 Å². The standard InChI is InChI=1S/2C29H25ClN6O8S/c2*30-28-34-23(31)20-24(35-28)36(12-32-20)25-22(38)21(37)18(44-25)10-43-29(27(41)42,19-11-45-13-33-19)9-14-1-3-15(4-2-14)16-5-7-17(8-6-16)26(39)40/h2*1-8,11-13,18,21-22,25,37-38H,9-10H2,(H,39,40)(H,41,42)(H2,31,34,35)/t18-,21-,22-,25-,29+;18-,21-,22-,25-,29-/m11/s1. The molecule has 0 amide bonds. The van der Waals surface area contributed by atoms with Gasteiger partial charge >= 0.3 is 23.9 Å². The fraction of sp³-hybridized carbons (Fsp3) is 0.241. The van der Waals surface area contributed by atoms with E-state index in [0.29, 0.717) is 11.1 Å². The fourth-order valence-corrected chi connectivity index (χ4v) is 12.0. The molecule has 4 aromatic carbocycles. The predicted molar refractivity (Wildman–Crippen MR) is 321 cm³/mol. The zero-order valence-corrected chi connectivity index (χ0v) is 49.3. The third-order valence-corrected chi connectivity index (χ3v) is 16.7. The molecule has 10 atom stereocenters. The van der Waals surface area contributed by atoms with Crippen molar-refractivity contribution in [3.63, 3.8) is 0 Å². The van der Waals surface area contributed by atoms with Crippen LogP contribution in [0.15, 0.2) is 131 Å². The summed E-state index contributed by atoms with van der Waals surface area (Å²) in [4.78, 5) is 80.9. The number of ether oxygens (including phenoxy) is 4. The first-order valence-corrected chi connectivity index (χ1v) is 29.5. The molecule has 32 heteroatoms. The van der Waals surface area contributed by atoms with Gasteiger partial charge in [-0.25, -0.2) is 39.1 Å². The molecule has 12 N–H and O–H groups in total. The number of carboxylic acids is 4. The van der Waals surface area contributed by atoms with E-state index in [4.69, 9.17) is 63.8 Å². The summed E-state index contributed by atoms with van der Waals surface area (Å²) in [5.74, 6) is -4.62. The first-order valence-electron chi connectivity index (χ1n) is 26.9. The summed E-state index contributed by atoms with van der Waals surface area (Å²) >= 11 is 14.3. The minimum atomic E-state index is -1.96. The third-order valence-electron chi connectivity index (χ3n) is 15.2. The highest BCUT2D eigenvalue weighted by Crippen LogP contribution is 2.39. The number of aliphatic hydroxyl groups is 4. The molecule has 2 aliphatic rings. The Balaban J connectivity index is 0.000000185. The van der Waals surface area contributed by atoms with Gasteiger partial charge in [-0.05, 0) is 80.8 Å². The molecule has 0 bridgehead atoms. The largest absolute Gasteiger partial charge is 0.479 e. The molecule has 0 saturated carbocycles. The highest BCUT2D eigenvalue weighted by atomic mass is 35.5. The van der Waals surface area contributed by atoms with Gasteiger partial charge in [-0.3, -0.25) is 9.13 Å². The number of imidazole rings is 2. The molecule has 464 valence electrons. The quantitative estimate of drug-likeness (QED) is 0.0422. The minimum Gasteiger partial charge on any atom is -0.479 e. The Morgan fingerprint density at radius 1 is 0.511 bits per heavy atom.